The number of amides is 2. The molecule has 2 aliphatic heterocycles. The van der Waals surface area contributed by atoms with Crippen molar-refractivity contribution in [3.8, 4) is 0 Å². The average Bonchev–Trinajstić information content (AvgIpc) is 3.26. The van der Waals surface area contributed by atoms with E-state index in [1.807, 2.05) is 48.5 Å². The van der Waals surface area contributed by atoms with Crippen molar-refractivity contribution < 1.29 is 14.4 Å². The maximum absolute atomic E-state index is 13.5. The van der Waals surface area contributed by atoms with Crippen LogP contribution in [0.1, 0.15) is 11.6 Å². The molecule has 7 heteroatoms. The highest BCUT2D eigenvalue weighted by Gasteiger charge is 2.60. The summed E-state index contributed by atoms with van der Waals surface area (Å²) in [5, 5.41) is 2.67. The second-order valence-electron chi connectivity index (χ2n) is 7.17. The number of para-hydroxylation sites is 1. The van der Waals surface area contributed by atoms with Gasteiger partial charge in [0.15, 0.2) is 6.10 Å². The molecule has 2 fully saturated rings. The molecule has 3 aromatic carbocycles. The van der Waals surface area contributed by atoms with E-state index in [-0.39, 0.29) is 5.91 Å². The van der Waals surface area contributed by atoms with Gasteiger partial charge in [-0.05, 0) is 48.0 Å². The average molecular weight is 439 g/mol. The Labute approximate surface area is 183 Å². The monoisotopic (exact) mass is 438 g/mol. The van der Waals surface area contributed by atoms with Crippen LogP contribution >= 0.6 is 23.2 Å². The molecule has 5 nitrogen and oxygen atoms in total. The third-order valence-corrected chi connectivity index (χ3v) is 6.03. The summed E-state index contributed by atoms with van der Waals surface area (Å²) in [6, 6.07) is 22.8. The van der Waals surface area contributed by atoms with Crippen LogP contribution in [0.15, 0.2) is 78.9 Å². The summed E-state index contributed by atoms with van der Waals surface area (Å²) in [6.07, 6.45) is -0.936. The Bertz CT molecular complexity index is 1120. The molecule has 5 rings (SSSR count). The summed E-state index contributed by atoms with van der Waals surface area (Å²) in [5.41, 5.74) is 1.95. The fourth-order valence-electron chi connectivity index (χ4n) is 4.09. The molecule has 2 aliphatic rings. The number of carbonyl (C=O) groups is 2. The third kappa shape index (κ3) is 2.98. The zero-order valence-electron chi connectivity index (χ0n) is 15.6. The van der Waals surface area contributed by atoms with E-state index in [4.69, 9.17) is 28.0 Å². The van der Waals surface area contributed by atoms with Crippen LogP contribution in [0.4, 0.5) is 11.4 Å². The third-order valence-electron chi connectivity index (χ3n) is 5.43. The molecule has 0 radical (unpaired) electrons. The maximum Gasteiger partial charge on any atom is 0.266 e. The predicted octanol–water partition coefficient (Wildman–Crippen LogP) is 5.04. The van der Waals surface area contributed by atoms with E-state index in [0.717, 1.165) is 11.3 Å². The smallest absolute Gasteiger partial charge is 0.266 e. The number of benzene rings is 3. The number of nitrogens with zero attached hydrogens (tertiary/aromatic N) is 2. The van der Waals surface area contributed by atoms with Gasteiger partial charge in [-0.25, -0.2) is 9.96 Å². The second kappa shape index (κ2) is 7.43. The zero-order valence-corrected chi connectivity index (χ0v) is 17.1. The van der Waals surface area contributed by atoms with Crippen LogP contribution in [0, 0.1) is 5.92 Å². The molecule has 0 N–H and O–H groups in total. The van der Waals surface area contributed by atoms with Crippen LogP contribution in [0.5, 0.6) is 0 Å². The first-order chi connectivity index (χ1) is 14.6. The standard InChI is InChI=1S/C23H16Cl2N2O3/c24-14-10-12-15(13-11-14)26-22(28)19-20(17-8-4-5-9-18(17)25)27(30-21(19)23(26)29)16-6-2-1-3-7-16/h1-13,19-21H. The second-order valence-corrected chi connectivity index (χ2v) is 8.01. The molecule has 0 aliphatic carbocycles. The predicted molar refractivity (Wildman–Crippen MR) is 115 cm³/mol. The van der Waals surface area contributed by atoms with E-state index in [1.165, 1.54) is 4.90 Å². The summed E-state index contributed by atoms with van der Waals surface area (Å²) >= 11 is 12.5. The number of imide groups is 1. The van der Waals surface area contributed by atoms with Gasteiger partial charge < -0.3 is 0 Å². The van der Waals surface area contributed by atoms with Gasteiger partial charge >= 0.3 is 0 Å². The molecular formula is C23H16Cl2N2O3. The van der Waals surface area contributed by atoms with E-state index in [9.17, 15) is 9.59 Å². The van der Waals surface area contributed by atoms with Gasteiger partial charge in [-0.2, -0.15) is 0 Å². The molecule has 30 heavy (non-hydrogen) atoms. The van der Waals surface area contributed by atoms with Crippen LogP contribution in [-0.4, -0.2) is 17.9 Å². The number of hydroxylamine groups is 1. The lowest BCUT2D eigenvalue weighted by Gasteiger charge is -2.29. The summed E-state index contributed by atoms with van der Waals surface area (Å²) in [4.78, 5) is 34.0. The molecule has 2 saturated heterocycles. The van der Waals surface area contributed by atoms with Gasteiger partial charge in [0.05, 0.1) is 17.4 Å². The van der Waals surface area contributed by atoms with E-state index < -0.39 is 24.0 Å². The number of carbonyl (C=O) groups excluding carboxylic acids is 2. The summed E-state index contributed by atoms with van der Waals surface area (Å²) < 4.78 is 0. The zero-order chi connectivity index (χ0) is 20.8. The minimum atomic E-state index is -0.936. The van der Waals surface area contributed by atoms with Crippen LogP contribution in [0.2, 0.25) is 10.0 Å². The Morgan fingerprint density at radius 3 is 2.10 bits per heavy atom. The highest BCUT2D eigenvalue weighted by Crippen LogP contribution is 2.48. The van der Waals surface area contributed by atoms with Crippen molar-refractivity contribution in [3.05, 3.63) is 94.5 Å². The van der Waals surface area contributed by atoms with E-state index in [1.54, 1.807) is 35.4 Å². The van der Waals surface area contributed by atoms with Crippen molar-refractivity contribution in [3.63, 3.8) is 0 Å². The molecule has 0 saturated carbocycles. The number of hydrogen-bond acceptors (Lipinski definition) is 4. The lowest BCUT2D eigenvalue weighted by Crippen LogP contribution is -2.37. The van der Waals surface area contributed by atoms with Crippen LogP contribution < -0.4 is 9.96 Å². The topological polar surface area (TPSA) is 49.9 Å². The molecule has 3 aromatic rings. The Balaban J connectivity index is 1.60. The largest absolute Gasteiger partial charge is 0.273 e. The Morgan fingerprint density at radius 1 is 0.733 bits per heavy atom. The molecular weight excluding hydrogens is 423 g/mol. The van der Waals surface area contributed by atoms with Crippen molar-refractivity contribution in [2.75, 3.05) is 9.96 Å². The number of rotatable bonds is 3. The summed E-state index contributed by atoms with van der Waals surface area (Å²) in [5.74, 6) is -1.45. The minimum Gasteiger partial charge on any atom is -0.273 e. The number of fused-ring (bicyclic) bond motifs is 1. The number of hydrogen-bond donors (Lipinski definition) is 0. The van der Waals surface area contributed by atoms with Crippen molar-refractivity contribution >= 4 is 46.4 Å². The van der Waals surface area contributed by atoms with Crippen molar-refractivity contribution in [1.82, 2.24) is 0 Å². The molecule has 150 valence electrons. The van der Waals surface area contributed by atoms with Gasteiger partial charge in [0.1, 0.15) is 5.92 Å². The lowest BCUT2D eigenvalue weighted by atomic mass is 9.90. The van der Waals surface area contributed by atoms with Crippen LogP contribution in [-0.2, 0) is 14.4 Å². The molecule has 0 aromatic heterocycles. The van der Waals surface area contributed by atoms with Crippen LogP contribution in [0.25, 0.3) is 0 Å². The highest BCUT2D eigenvalue weighted by atomic mass is 35.5. The molecule has 3 atom stereocenters. The van der Waals surface area contributed by atoms with Gasteiger partial charge in [0.2, 0.25) is 5.91 Å². The van der Waals surface area contributed by atoms with E-state index >= 15 is 0 Å². The first-order valence-electron chi connectivity index (χ1n) is 9.45. The molecule has 0 bridgehead atoms. The Kier molecular flexibility index (Phi) is 4.74. The van der Waals surface area contributed by atoms with E-state index in [0.29, 0.717) is 15.7 Å². The van der Waals surface area contributed by atoms with Crippen molar-refractivity contribution in [2.24, 2.45) is 5.92 Å². The van der Waals surface area contributed by atoms with Crippen molar-refractivity contribution in [2.45, 2.75) is 12.1 Å². The Hall–Kier alpha value is -2.86. The van der Waals surface area contributed by atoms with Gasteiger partial charge in [0, 0.05) is 10.0 Å². The van der Waals surface area contributed by atoms with Crippen molar-refractivity contribution in [1.29, 1.82) is 0 Å². The number of anilines is 2. The van der Waals surface area contributed by atoms with E-state index in [2.05, 4.69) is 0 Å². The SMILES string of the molecule is O=C1C2ON(c3ccccc3)C(c3ccccc3Cl)C2C(=O)N1c1ccc(Cl)cc1. The number of halogens is 2. The fourth-order valence-corrected chi connectivity index (χ4v) is 4.46. The first-order valence-corrected chi connectivity index (χ1v) is 10.2. The lowest BCUT2D eigenvalue weighted by molar-refractivity contribution is -0.126. The van der Waals surface area contributed by atoms with Gasteiger partial charge in [-0.15, -0.1) is 0 Å². The summed E-state index contributed by atoms with van der Waals surface area (Å²) in [7, 11) is 0. The minimum absolute atomic E-state index is 0.323. The quantitative estimate of drug-likeness (QED) is 0.537. The molecule has 2 amide bonds. The van der Waals surface area contributed by atoms with Gasteiger partial charge in [0.25, 0.3) is 5.91 Å². The normalized spacial score (nSPS) is 23.2. The molecule has 2 heterocycles. The maximum atomic E-state index is 13.5. The first kappa shape index (κ1) is 19.1. The van der Waals surface area contributed by atoms with Gasteiger partial charge in [-0.1, -0.05) is 59.6 Å². The molecule has 0 spiro atoms. The fraction of sp³-hybridized carbons (Fsp3) is 0.130. The Morgan fingerprint density at radius 2 is 1.40 bits per heavy atom. The highest BCUT2D eigenvalue weighted by molar-refractivity contribution is 6.32. The molecule has 3 unspecified atom stereocenters. The van der Waals surface area contributed by atoms with Gasteiger partial charge in [-0.3, -0.25) is 14.4 Å². The van der Waals surface area contributed by atoms with Crippen LogP contribution in [0.3, 0.4) is 0 Å². The summed E-state index contributed by atoms with van der Waals surface area (Å²) in [6.45, 7) is 0.